The quantitative estimate of drug-likeness (QED) is 0.799. The fourth-order valence-electron chi connectivity index (χ4n) is 4.40. The lowest BCUT2D eigenvalue weighted by molar-refractivity contribution is 0.0697. The molecule has 0 saturated heterocycles. The molecule has 2 aromatic carbocycles. The highest BCUT2D eigenvalue weighted by molar-refractivity contribution is 5.87. The van der Waals surface area contributed by atoms with E-state index in [2.05, 4.69) is 35.6 Å². The molecule has 0 heterocycles. The summed E-state index contributed by atoms with van der Waals surface area (Å²) < 4.78 is 0. The van der Waals surface area contributed by atoms with E-state index in [0.29, 0.717) is 23.6 Å². The van der Waals surface area contributed by atoms with E-state index >= 15 is 0 Å². The van der Waals surface area contributed by atoms with Gasteiger partial charge in [-0.15, -0.1) is 0 Å². The molecule has 3 nitrogen and oxygen atoms in total. The molecule has 0 bridgehead atoms. The number of hydrogen-bond donors (Lipinski definition) is 2. The zero-order chi connectivity index (χ0) is 17.9. The smallest absolute Gasteiger partial charge is 0.335 e. The van der Waals surface area contributed by atoms with E-state index in [1.54, 1.807) is 12.1 Å². The molecule has 2 saturated carbocycles. The minimum absolute atomic E-state index is 0.374. The molecule has 0 aromatic heterocycles. The first-order valence-corrected chi connectivity index (χ1v) is 9.82. The lowest BCUT2D eigenvalue weighted by Gasteiger charge is -2.29. The van der Waals surface area contributed by atoms with Gasteiger partial charge in [0.2, 0.25) is 0 Å². The van der Waals surface area contributed by atoms with Crippen molar-refractivity contribution in [3.05, 3.63) is 71.3 Å². The van der Waals surface area contributed by atoms with Crippen LogP contribution in [-0.4, -0.2) is 23.2 Å². The third kappa shape index (κ3) is 4.16. The number of aromatic carboxylic acids is 1. The molecule has 2 fully saturated rings. The highest BCUT2D eigenvalue weighted by atomic mass is 16.4. The first-order valence-electron chi connectivity index (χ1n) is 9.82. The molecule has 136 valence electrons. The summed E-state index contributed by atoms with van der Waals surface area (Å²) >= 11 is 0. The average Bonchev–Trinajstić information content (AvgIpc) is 3.44. The van der Waals surface area contributed by atoms with Crippen LogP contribution in [0.5, 0.6) is 0 Å². The Morgan fingerprint density at radius 3 is 2.31 bits per heavy atom. The van der Waals surface area contributed by atoms with Gasteiger partial charge in [0, 0.05) is 18.0 Å². The van der Waals surface area contributed by atoms with E-state index in [9.17, 15) is 4.79 Å². The van der Waals surface area contributed by atoms with Crippen molar-refractivity contribution in [1.29, 1.82) is 0 Å². The van der Waals surface area contributed by atoms with Crippen molar-refractivity contribution in [2.45, 2.75) is 56.5 Å². The molecule has 0 unspecified atom stereocenters. The second-order valence-electron chi connectivity index (χ2n) is 7.95. The van der Waals surface area contributed by atoms with Gasteiger partial charge >= 0.3 is 5.97 Å². The van der Waals surface area contributed by atoms with Crippen LogP contribution >= 0.6 is 0 Å². The lowest BCUT2D eigenvalue weighted by atomic mass is 9.82. The van der Waals surface area contributed by atoms with Gasteiger partial charge < -0.3 is 10.4 Å². The van der Waals surface area contributed by atoms with Crippen LogP contribution in [0.1, 0.15) is 59.5 Å². The first kappa shape index (κ1) is 17.3. The number of carboxylic acids is 1. The zero-order valence-electron chi connectivity index (χ0n) is 15.1. The van der Waals surface area contributed by atoms with Gasteiger partial charge in [-0.05, 0) is 67.7 Å². The highest BCUT2D eigenvalue weighted by Gasteiger charge is 2.39. The van der Waals surface area contributed by atoms with Crippen molar-refractivity contribution in [2.24, 2.45) is 5.92 Å². The van der Waals surface area contributed by atoms with Gasteiger partial charge in [0.1, 0.15) is 0 Å². The molecule has 0 amide bonds. The summed E-state index contributed by atoms with van der Waals surface area (Å²) in [6.07, 6.45) is 7.40. The maximum atomic E-state index is 10.9. The zero-order valence-corrected chi connectivity index (χ0v) is 15.1. The van der Waals surface area contributed by atoms with Crippen LogP contribution < -0.4 is 5.32 Å². The predicted octanol–water partition coefficient (Wildman–Crippen LogP) is 4.63. The van der Waals surface area contributed by atoms with Crippen molar-refractivity contribution in [3.63, 3.8) is 0 Å². The molecule has 0 radical (unpaired) electrons. The summed E-state index contributed by atoms with van der Waals surface area (Å²) in [6.45, 7) is 0. The SMILES string of the molecule is O=C(O)c1ccc(CC2CCC(N[C@@H]3C[C@H]3c3ccccc3)CC2)cc1. The molecule has 2 aliphatic rings. The fraction of sp³-hybridized carbons (Fsp3) is 0.435. The molecule has 26 heavy (non-hydrogen) atoms. The van der Waals surface area contributed by atoms with Gasteiger partial charge in [0.15, 0.2) is 0 Å². The van der Waals surface area contributed by atoms with E-state index in [1.165, 1.54) is 43.2 Å². The number of carboxylic acid groups (broad SMARTS) is 1. The second kappa shape index (κ2) is 7.63. The van der Waals surface area contributed by atoms with Crippen molar-refractivity contribution in [1.82, 2.24) is 5.32 Å². The highest BCUT2D eigenvalue weighted by Crippen LogP contribution is 2.42. The molecule has 0 spiro atoms. The third-order valence-electron chi connectivity index (χ3n) is 6.04. The van der Waals surface area contributed by atoms with Crippen molar-refractivity contribution >= 4 is 5.97 Å². The average molecular weight is 349 g/mol. The van der Waals surface area contributed by atoms with Crippen LogP contribution in [-0.2, 0) is 6.42 Å². The Bertz CT molecular complexity index is 733. The molecule has 2 N–H and O–H groups in total. The Hall–Kier alpha value is -2.13. The van der Waals surface area contributed by atoms with Crippen molar-refractivity contribution < 1.29 is 9.90 Å². The van der Waals surface area contributed by atoms with Crippen LogP contribution in [0, 0.1) is 5.92 Å². The number of carbonyl (C=O) groups is 1. The largest absolute Gasteiger partial charge is 0.478 e. The normalized spacial score (nSPS) is 27.8. The Labute approximate surface area is 155 Å². The predicted molar refractivity (Wildman–Crippen MR) is 104 cm³/mol. The molecular formula is C23H27NO2. The molecule has 3 heteroatoms. The summed E-state index contributed by atoms with van der Waals surface area (Å²) in [5, 5.41) is 12.9. The molecule has 2 aliphatic carbocycles. The second-order valence-corrected chi connectivity index (χ2v) is 7.95. The van der Waals surface area contributed by atoms with Crippen LogP contribution in [0.3, 0.4) is 0 Å². The minimum atomic E-state index is -0.850. The molecule has 2 aromatic rings. The van der Waals surface area contributed by atoms with Crippen LogP contribution in [0.2, 0.25) is 0 Å². The van der Waals surface area contributed by atoms with Crippen molar-refractivity contribution in [3.8, 4) is 0 Å². The number of hydrogen-bond acceptors (Lipinski definition) is 2. The summed E-state index contributed by atoms with van der Waals surface area (Å²) in [6, 6.07) is 19.6. The molecule has 0 aliphatic heterocycles. The Morgan fingerprint density at radius 1 is 0.962 bits per heavy atom. The van der Waals surface area contributed by atoms with Crippen LogP contribution in [0.4, 0.5) is 0 Å². The summed E-state index contributed by atoms with van der Waals surface area (Å²) in [7, 11) is 0. The standard InChI is InChI=1S/C23H27NO2/c25-23(26)19-10-6-16(7-11-19)14-17-8-12-20(13-9-17)24-22-15-21(22)18-4-2-1-3-5-18/h1-7,10-11,17,20-22,24H,8-9,12-15H2,(H,25,26)/t17?,20?,21-,22+/m0/s1. The number of rotatable bonds is 6. The Morgan fingerprint density at radius 2 is 1.65 bits per heavy atom. The number of nitrogens with one attached hydrogen (secondary N) is 1. The summed E-state index contributed by atoms with van der Waals surface area (Å²) in [5.41, 5.74) is 3.11. The molecular weight excluding hydrogens is 322 g/mol. The van der Waals surface area contributed by atoms with Gasteiger partial charge in [0.05, 0.1) is 5.56 Å². The van der Waals surface area contributed by atoms with Crippen LogP contribution in [0.15, 0.2) is 54.6 Å². The van der Waals surface area contributed by atoms with Gasteiger partial charge in [-0.3, -0.25) is 0 Å². The first-order chi connectivity index (χ1) is 12.7. The van der Waals surface area contributed by atoms with Gasteiger partial charge in [0.25, 0.3) is 0 Å². The Balaban J connectivity index is 1.22. The maximum Gasteiger partial charge on any atom is 0.335 e. The molecule has 2 atom stereocenters. The fourth-order valence-corrected chi connectivity index (χ4v) is 4.40. The van der Waals surface area contributed by atoms with Crippen molar-refractivity contribution in [2.75, 3.05) is 0 Å². The molecule has 4 rings (SSSR count). The van der Waals surface area contributed by atoms with E-state index in [-0.39, 0.29) is 0 Å². The Kier molecular flexibility index (Phi) is 5.07. The van der Waals surface area contributed by atoms with Gasteiger partial charge in [-0.1, -0.05) is 42.5 Å². The van der Waals surface area contributed by atoms with E-state index < -0.39 is 5.97 Å². The maximum absolute atomic E-state index is 10.9. The van der Waals surface area contributed by atoms with Gasteiger partial charge in [-0.25, -0.2) is 4.79 Å². The van der Waals surface area contributed by atoms with Crippen LogP contribution in [0.25, 0.3) is 0 Å². The number of benzene rings is 2. The monoisotopic (exact) mass is 349 g/mol. The summed E-state index contributed by atoms with van der Waals surface area (Å²) in [5.74, 6) is 0.589. The van der Waals surface area contributed by atoms with E-state index in [1.807, 2.05) is 12.1 Å². The lowest BCUT2D eigenvalue weighted by Crippen LogP contribution is -2.35. The topological polar surface area (TPSA) is 49.3 Å². The van der Waals surface area contributed by atoms with E-state index in [4.69, 9.17) is 5.11 Å². The minimum Gasteiger partial charge on any atom is -0.478 e. The van der Waals surface area contributed by atoms with E-state index in [0.717, 1.165) is 12.3 Å². The third-order valence-corrected chi connectivity index (χ3v) is 6.04. The summed E-state index contributed by atoms with van der Waals surface area (Å²) in [4.78, 5) is 10.9. The van der Waals surface area contributed by atoms with Gasteiger partial charge in [-0.2, -0.15) is 0 Å².